The van der Waals surface area contributed by atoms with Crippen LogP contribution in [-0.2, 0) is 4.74 Å². The second kappa shape index (κ2) is 6.61. The van der Waals surface area contributed by atoms with Crippen molar-refractivity contribution in [3.8, 4) is 17.2 Å². The van der Waals surface area contributed by atoms with Gasteiger partial charge >= 0.3 is 0 Å². The van der Waals surface area contributed by atoms with Gasteiger partial charge in [0.05, 0.1) is 38.1 Å². The highest BCUT2D eigenvalue weighted by atomic mass is 16.5. The first-order valence-electron chi connectivity index (χ1n) is 9.74. The molecule has 1 saturated heterocycles. The summed E-state index contributed by atoms with van der Waals surface area (Å²) in [4.78, 5) is 0. The average molecular weight is 362 g/mol. The molecule has 5 nitrogen and oxygen atoms in total. The summed E-state index contributed by atoms with van der Waals surface area (Å²) in [5.41, 5.74) is 0.781. The van der Waals surface area contributed by atoms with Crippen molar-refractivity contribution in [2.45, 2.75) is 57.8 Å². The van der Waals surface area contributed by atoms with Gasteiger partial charge < -0.3 is 24.1 Å². The molecular formula is C21H30O5. The molecular weight excluding hydrogens is 332 g/mol. The first-order chi connectivity index (χ1) is 12.4. The fourth-order valence-electron chi connectivity index (χ4n) is 4.80. The number of hydrogen-bond donors (Lipinski definition) is 1. The van der Waals surface area contributed by atoms with E-state index in [1.807, 2.05) is 12.1 Å². The van der Waals surface area contributed by atoms with Gasteiger partial charge in [0.2, 0.25) is 5.75 Å². The summed E-state index contributed by atoms with van der Waals surface area (Å²) in [7, 11) is 1.66. The molecule has 0 amide bonds. The number of rotatable bonds is 2. The minimum Gasteiger partial charge on any atom is -0.493 e. The summed E-state index contributed by atoms with van der Waals surface area (Å²) >= 11 is 0. The highest BCUT2D eigenvalue weighted by Gasteiger charge is 2.50. The third-order valence-electron chi connectivity index (χ3n) is 6.55. The monoisotopic (exact) mass is 362 g/mol. The first-order valence-corrected chi connectivity index (χ1v) is 9.74. The zero-order valence-corrected chi connectivity index (χ0v) is 16.2. The number of ether oxygens (including phenoxy) is 4. The van der Waals surface area contributed by atoms with Crippen LogP contribution in [-0.4, -0.2) is 37.1 Å². The molecule has 144 valence electrons. The largest absolute Gasteiger partial charge is 0.493 e. The molecule has 2 bridgehead atoms. The standard InChI is InChI=1S/C21H30O5/c1-12-15-10-14(11-16(12)22)21(2,3)26-19(15)13-8-17(23-4)20-18(9-13)24-6-5-7-25-20/h8-9,12,14-16,19,22H,5-7,10-11H2,1-4H3/t12-,14?,15?,16-,19-/m0/s1. The number of fused-ring (bicyclic) bond motifs is 3. The summed E-state index contributed by atoms with van der Waals surface area (Å²) in [5, 5.41) is 10.6. The van der Waals surface area contributed by atoms with Gasteiger partial charge in [0.15, 0.2) is 11.5 Å². The summed E-state index contributed by atoms with van der Waals surface area (Å²) in [6, 6.07) is 4.06. The van der Waals surface area contributed by atoms with Gasteiger partial charge in [-0.15, -0.1) is 0 Å². The van der Waals surface area contributed by atoms with Crippen LogP contribution in [0.5, 0.6) is 17.2 Å². The van der Waals surface area contributed by atoms with E-state index in [2.05, 4.69) is 20.8 Å². The van der Waals surface area contributed by atoms with Gasteiger partial charge in [0.1, 0.15) is 0 Å². The van der Waals surface area contributed by atoms with Gasteiger partial charge in [-0.05, 0) is 62.1 Å². The second-order valence-corrected chi connectivity index (χ2v) is 8.50. The van der Waals surface area contributed by atoms with Crippen molar-refractivity contribution >= 4 is 0 Å². The number of aliphatic hydroxyl groups is 1. The van der Waals surface area contributed by atoms with Gasteiger partial charge in [0.25, 0.3) is 0 Å². The molecule has 1 saturated carbocycles. The number of aliphatic hydroxyl groups excluding tert-OH is 1. The van der Waals surface area contributed by atoms with Gasteiger partial charge in [0, 0.05) is 6.42 Å². The van der Waals surface area contributed by atoms with Crippen molar-refractivity contribution in [2.75, 3.05) is 20.3 Å². The third-order valence-corrected chi connectivity index (χ3v) is 6.55. The predicted octanol–water partition coefficient (Wildman–Crippen LogP) is 3.73. The van der Waals surface area contributed by atoms with Crippen molar-refractivity contribution in [2.24, 2.45) is 17.8 Å². The zero-order chi connectivity index (χ0) is 18.5. The van der Waals surface area contributed by atoms with Crippen molar-refractivity contribution < 1.29 is 24.1 Å². The molecule has 1 N–H and O–H groups in total. The van der Waals surface area contributed by atoms with Crippen LogP contribution in [0.25, 0.3) is 0 Å². The molecule has 2 unspecified atom stereocenters. The molecule has 1 aromatic carbocycles. The predicted molar refractivity (Wildman–Crippen MR) is 97.9 cm³/mol. The van der Waals surface area contributed by atoms with Gasteiger partial charge in [-0.25, -0.2) is 0 Å². The summed E-state index contributed by atoms with van der Waals surface area (Å²) in [6.45, 7) is 7.69. The lowest BCUT2D eigenvalue weighted by Crippen LogP contribution is -2.52. The number of hydrogen-bond acceptors (Lipinski definition) is 5. The lowest BCUT2D eigenvalue weighted by Gasteiger charge is -2.53. The molecule has 2 heterocycles. The molecule has 4 rings (SSSR count). The number of benzene rings is 1. The summed E-state index contributed by atoms with van der Waals surface area (Å²) in [5.74, 6) is 2.97. The maximum absolute atomic E-state index is 10.6. The molecule has 5 atom stereocenters. The Labute approximate surface area is 155 Å². The molecule has 1 aliphatic carbocycles. The van der Waals surface area contributed by atoms with E-state index >= 15 is 0 Å². The molecule has 0 aromatic heterocycles. The average Bonchev–Trinajstić information content (AvgIpc) is 2.86. The van der Waals surface area contributed by atoms with E-state index < -0.39 is 0 Å². The molecule has 2 aliphatic heterocycles. The normalized spacial score (nSPS) is 35.5. The van der Waals surface area contributed by atoms with Crippen LogP contribution in [0.2, 0.25) is 0 Å². The molecule has 1 aromatic rings. The Hall–Kier alpha value is -1.46. The van der Waals surface area contributed by atoms with E-state index in [-0.39, 0.29) is 29.6 Å². The van der Waals surface area contributed by atoms with Crippen molar-refractivity contribution in [1.82, 2.24) is 0 Å². The minimum absolute atomic E-state index is 0.0859. The third kappa shape index (κ3) is 2.95. The van der Waals surface area contributed by atoms with Gasteiger partial charge in [-0.3, -0.25) is 0 Å². The molecule has 2 fully saturated rings. The first kappa shape index (κ1) is 17.9. The minimum atomic E-state index is -0.272. The highest BCUT2D eigenvalue weighted by Crippen LogP contribution is 2.54. The van der Waals surface area contributed by atoms with Crippen LogP contribution in [0, 0.1) is 17.8 Å². The van der Waals surface area contributed by atoms with Crippen molar-refractivity contribution in [1.29, 1.82) is 0 Å². The highest BCUT2D eigenvalue weighted by molar-refractivity contribution is 5.54. The van der Waals surface area contributed by atoms with E-state index in [0.717, 1.165) is 30.6 Å². The van der Waals surface area contributed by atoms with Gasteiger partial charge in [-0.2, -0.15) is 0 Å². The Kier molecular flexibility index (Phi) is 4.56. The Morgan fingerprint density at radius 2 is 1.92 bits per heavy atom. The number of methoxy groups -OCH3 is 1. The van der Waals surface area contributed by atoms with Crippen molar-refractivity contribution in [3.63, 3.8) is 0 Å². The zero-order valence-electron chi connectivity index (χ0n) is 16.2. The van der Waals surface area contributed by atoms with E-state index in [0.29, 0.717) is 30.6 Å². The molecule has 0 radical (unpaired) electrons. The summed E-state index contributed by atoms with van der Waals surface area (Å²) < 4.78 is 24.0. The van der Waals surface area contributed by atoms with Crippen molar-refractivity contribution in [3.05, 3.63) is 17.7 Å². The molecule has 0 spiro atoms. The molecule has 5 heteroatoms. The van der Waals surface area contributed by atoms with Crippen LogP contribution in [0.15, 0.2) is 12.1 Å². The fraction of sp³-hybridized carbons (Fsp3) is 0.714. The maximum atomic E-state index is 10.6. The fourth-order valence-corrected chi connectivity index (χ4v) is 4.80. The van der Waals surface area contributed by atoms with Crippen LogP contribution in [0.4, 0.5) is 0 Å². The Morgan fingerprint density at radius 3 is 2.69 bits per heavy atom. The smallest absolute Gasteiger partial charge is 0.203 e. The SMILES string of the molecule is COc1cc([C@@H]2OC(C)(C)C3CC2[C@H](C)[C@@H](O)C3)cc2c1OCCCO2. The lowest BCUT2D eigenvalue weighted by molar-refractivity contribution is -0.215. The quantitative estimate of drug-likeness (QED) is 0.869. The Bertz CT molecular complexity index is 671. The molecule has 26 heavy (non-hydrogen) atoms. The van der Waals surface area contributed by atoms with E-state index in [1.165, 1.54) is 0 Å². The van der Waals surface area contributed by atoms with E-state index in [1.54, 1.807) is 7.11 Å². The maximum Gasteiger partial charge on any atom is 0.203 e. The molecule has 3 aliphatic rings. The Balaban J connectivity index is 1.75. The summed E-state index contributed by atoms with van der Waals surface area (Å²) in [6.07, 6.45) is 2.39. The van der Waals surface area contributed by atoms with Crippen LogP contribution in [0.3, 0.4) is 0 Å². The topological polar surface area (TPSA) is 57.2 Å². The second-order valence-electron chi connectivity index (χ2n) is 8.50. The Morgan fingerprint density at radius 1 is 1.15 bits per heavy atom. The van der Waals surface area contributed by atoms with Crippen LogP contribution in [0.1, 0.15) is 51.7 Å². The van der Waals surface area contributed by atoms with E-state index in [9.17, 15) is 5.11 Å². The van der Waals surface area contributed by atoms with E-state index in [4.69, 9.17) is 18.9 Å². The lowest BCUT2D eigenvalue weighted by atomic mass is 9.63. The van der Waals surface area contributed by atoms with Crippen LogP contribution >= 0.6 is 0 Å². The van der Waals surface area contributed by atoms with Crippen LogP contribution < -0.4 is 14.2 Å². The van der Waals surface area contributed by atoms with Gasteiger partial charge in [-0.1, -0.05) is 6.92 Å².